The van der Waals surface area contributed by atoms with E-state index in [2.05, 4.69) is 138 Å². The van der Waals surface area contributed by atoms with Gasteiger partial charge >= 0.3 is 6.71 Å². The second kappa shape index (κ2) is 8.89. The third-order valence-corrected chi connectivity index (χ3v) is 9.28. The van der Waals surface area contributed by atoms with Crippen LogP contribution in [0.4, 0.5) is 0 Å². The van der Waals surface area contributed by atoms with E-state index in [-0.39, 0.29) is 6.71 Å². The lowest BCUT2D eigenvalue weighted by Gasteiger charge is -2.12. The number of rotatable bonds is 2. The molecule has 0 saturated heterocycles. The number of hydrogen-bond acceptors (Lipinski definition) is 2. The van der Waals surface area contributed by atoms with Crippen LogP contribution in [0.25, 0.3) is 71.7 Å². The van der Waals surface area contributed by atoms with Gasteiger partial charge < -0.3 is 13.4 Å². The number of benzene rings is 6. The summed E-state index contributed by atoms with van der Waals surface area (Å²) in [5.41, 5.74) is 12.9. The van der Waals surface area contributed by atoms with E-state index in [1.807, 2.05) is 12.1 Å². The second-order valence-corrected chi connectivity index (χ2v) is 11.6. The quantitative estimate of drug-likeness (QED) is 0.198. The maximum absolute atomic E-state index is 6.86. The van der Waals surface area contributed by atoms with Gasteiger partial charge in [-0.3, -0.25) is 0 Å². The molecule has 0 spiro atoms. The van der Waals surface area contributed by atoms with Gasteiger partial charge in [-0.25, -0.2) is 0 Å². The fraction of sp³-hybridized carbons (Fsp3) is 0. The van der Waals surface area contributed by atoms with E-state index in [9.17, 15) is 0 Å². The summed E-state index contributed by atoms with van der Waals surface area (Å²) in [6.07, 6.45) is 0. The molecule has 4 heterocycles. The van der Waals surface area contributed by atoms with E-state index in [1.54, 1.807) is 0 Å². The highest BCUT2D eigenvalue weighted by Gasteiger charge is 2.40. The first-order valence-corrected chi connectivity index (χ1v) is 15.1. The Kier molecular flexibility index (Phi) is 4.80. The fourth-order valence-electron chi connectivity index (χ4n) is 7.46. The Morgan fingerprint density at radius 2 is 0.955 bits per heavy atom. The topological polar surface area (TPSA) is 31.2 Å². The number of aromatic nitrogens is 1. The predicted molar refractivity (Wildman–Crippen MR) is 182 cm³/mol. The molecule has 0 fully saturated rings. The lowest BCUT2D eigenvalue weighted by molar-refractivity contribution is 0.639. The first-order chi connectivity index (χ1) is 21.8. The molecule has 0 bridgehead atoms. The lowest BCUT2D eigenvalue weighted by Crippen LogP contribution is -2.51. The van der Waals surface area contributed by atoms with Crippen LogP contribution in [0.1, 0.15) is 0 Å². The molecule has 1 aliphatic rings. The van der Waals surface area contributed by atoms with Crippen molar-refractivity contribution in [3.63, 3.8) is 0 Å². The number of hydrogen-bond donors (Lipinski definition) is 0. The molecule has 204 valence electrons. The highest BCUT2D eigenvalue weighted by Crippen LogP contribution is 2.42. The molecule has 0 aliphatic carbocycles. The van der Waals surface area contributed by atoms with Crippen LogP contribution >= 0.6 is 0 Å². The van der Waals surface area contributed by atoms with Gasteiger partial charge in [0.15, 0.2) is 0 Å². The third-order valence-electron chi connectivity index (χ3n) is 9.28. The summed E-state index contributed by atoms with van der Waals surface area (Å²) in [5, 5.41) is 4.67. The van der Waals surface area contributed by atoms with Crippen LogP contribution in [0, 0.1) is 0 Å². The van der Waals surface area contributed by atoms with Crippen LogP contribution in [-0.2, 0) is 0 Å². The van der Waals surface area contributed by atoms with Gasteiger partial charge in [0.25, 0.3) is 0 Å². The molecule has 0 amide bonds. The van der Waals surface area contributed by atoms with Crippen molar-refractivity contribution in [1.82, 2.24) is 4.57 Å². The summed E-state index contributed by atoms with van der Waals surface area (Å²) >= 11 is 0. The summed E-state index contributed by atoms with van der Waals surface area (Å²) < 4.78 is 16.1. The largest absolute Gasteiger partial charge is 0.469 e. The summed E-state index contributed by atoms with van der Waals surface area (Å²) in [4.78, 5) is 0. The van der Waals surface area contributed by atoms with E-state index in [0.717, 1.165) is 55.5 Å². The van der Waals surface area contributed by atoms with Crippen LogP contribution in [0.5, 0.6) is 0 Å². The van der Waals surface area contributed by atoms with Crippen molar-refractivity contribution in [1.29, 1.82) is 0 Å². The van der Waals surface area contributed by atoms with E-state index in [4.69, 9.17) is 8.83 Å². The van der Waals surface area contributed by atoms with Crippen molar-refractivity contribution in [2.75, 3.05) is 0 Å². The molecule has 0 radical (unpaired) electrons. The van der Waals surface area contributed by atoms with Gasteiger partial charge in [-0.05, 0) is 47.5 Å². The van der Waals surface area contributed by atoms with Gasteiger partial charge in [0.05, 0.1) is 22.4 Å². The van der Waals surface area contributed by atoms with Gasteiger partial charge in [0.1, 0.15) is 11.2 Å². The molecular weight excluding hydrogens is 537 g/mol. The van der Waals surface area contributed by atoms with Crippen molar-refractivity contribution in [2.24, 2.45) is 0 Å². The first kappa shape index (κ1) is 23.8. The predicted octanol–water partition coefficient (Wildman–Crippen LogP) is 8.44. The first-order valence-electron chi connectivity index (χ1n) is 15.1. The zero-order valence-electron chi connectivity index (χ0n) is 23.7. The van der Waals surface area contributed by atoms with E-state index < -0.39 is 0 Å². The van der Waals surface area contributed by atoms with Crippen LogP contribution in [0.15, 0.2) is 154 Å². The molecule has 0 saturated carbocycles. The van der Waals surface area contributed by atoms with Crippen molar-refractivity contribution in [3.05, 3.63) is 146 Å². The fourth-order valence-corrected chi connectivity index (χ4v) is 7.46. The highest BCUT2D eigenvalue weighted by molar-refractivity contribution is 6.96. The van der Waals surface area contributed by atoms with Gasteiger partial charge in [0.2, 0.25) is 0 Å². The van der Waals surface area contributed by atoms with Gasteiger partial charge in [-0.1, -0.05) is 115 Å². The Bertz CT molecular complexity index is 2470. The molecule has 3 nitrogen and oxygen atoms in total. The molecule has 3 aromatic heterocycles. The van der Waals surface area contributed by atoms with E-state index in [1.165, 1.54) is 32.9 Å². The number of fused-ring (bicyclic) bond motifs is 12. The summed E-state index contributed by atoms with van der Waals surface area (Å²) in [5.74, 6) is 0. The Labute approximate surface area is 253 Å². The number of nitrogens with zero attached hydrogens (tertiary/aromatic N) is 1. The minimum atomic E-state index is -0.240. The summed E-state index contributed by atoms with van der Waals surface area (Å²) in [7, 11) is 0. The molecule has 0 N–H and O–H groups in total. The maximum atomic E-state index is 6.86. The Balaban J connectivity index is 1.33. The molecule has 0 unspecified atom stereocenters. The summed E-state index contributed by atoms with van der Waals surface area (Å²) in [6, 6.07) is 51.6. The molecule has 9 aromatic rings. The Morgan fingerprint density at radius 3 is 1.61 bits per heavy atom. The average Bonchev–Trinajstić information content (AvgIpc) is 3.73. The lowest BCUT2D eigenvalue weighted by atomic mass is 9.40. The molecule has 44 heavy (non-hydrogen) atoms. The number of furan rings is 2. The zero-order valence-corrected chi connectivity index (χ0v) is 23.7. The Hall–Kier alpha value is -5.74. The van der Waals surface area contributed by atoms with Gasteiger partial charge in [-0.15, -0.1) is 0 Å². The monoisotopic (exact) mass is 561 g/mol. The van der Waals surface area contributed by atoms with Crippen LogP contribution in [0.2, 0.25) is 0 Å². The molecule has 6 aromatic carbocycles. The van der Waals surface area contributed by atoms with Crippen molar-refractivity contribution >= 4 is 67.2 Å². The zero-order chi connectivity index (χ0) is 28.8. The summed E-state index contributed by atoms with van der Waals surface area (Å²) in [6.45, 7) is -0.240. The minimum Gasteiger partial charge on any atom is -0.469 e. The molecule has 0 atom stereocenters. The Morgan fingerprint density at radius 1 is 0.432 bits per heavy atom. The SMILES string of the molecule is c1ccc(-n2c3ccccc3c3cc(B4c5oc6ccccc6c5-c5ccccc5-c5c4oc4ccccc54)ccc32)cc1. The van der Waals surface area contributed by atoms with Gasteiger partial charge in [-0.2, -0.15) is 0 Å². The second-order valence-electron chi connectivity index (χ2n) is 11.6. The average molecular weight is 561 g/mol. The van der Waals surface area contributed by atoms with Crippen molar-refractivity contribution in [2.45, 2.75) is 0 Å². The normalized spacial score (nSPS) is 12.5. The maximum Gasteiger partial charge on any atom is 0.334 e. The van der Waals surface area contributed by atoms with Crippen molar-refractivity contribution in [3.8, 4) is 27.9 Å². The molecular formula is C40H24BNO2. The smallest absolute Gasteiger partial charge is 0.334 e. The van der Waals surface area contributed by atoms with E-state index in [0.29, 0.717) is 0 Å². The third kappa shape index (κ3) is 3.17. The molecule has 1 aliphatic heterocycles. The van der Waals surface area contributed by atoms with Gasteiger partial charge in [0, 0.05) is 38.4 Å². The van der Waals surface area contributed by atoms with Crippen LogP contribution < -0.4 is 16.8 Å². The molecule has 4 heteroatoms. The minimum absolute atomic E-state index is 0.240. The van der Waals surface area contributed by atoms with Crippen molar-refractivity contribution < 1.29 is 8.83 Å². The van der Waals surface area contributed by atoms with Crippen LogP contribution in [0.3, 0.4) is 0 Å². The standard InChI is InChI=1S/C40H24BNO2/c1-2-12-26(13-3-1)42-33-19-9-6-14-27(33)32-24-25(22-23-34(32)42)41-39-37(30-17-7-10-20-35(30)43-39)28-15-4-5-16-29(28)38-31-18-8-11-21-36(31)44-40(38)41/h1-24H. The highest BCUT2D eigenvalue weighted by atomic mass is 16.3. The number of para-hydroxylation sites is 4. The molecule has 10 rings (SSSR count). The van der Waals surface area contributed by atoms with Crippen LogP contribution in [-0.4, -0.2) is 11.3 Å². The van der Waals surface area contributed by atoms with E-state index >= 15 is 0 Å².